The second-order valence-corrected chi connectivity index (χ2v) is 5.44. The van der Waals surface area contributed by atoms with Gasteiger partial charge in [-0.1, -0.05) is 50.5 Å². The maximum Gasteiger partial charge on any atom is 0.207 e. The summed E-state index contributed by atoms with van der Waals surface area (Å²) in [5.41, 5.74) is 1.07. The van der Waals surface area contributed by atoms with Gasteiger partial charge in [0.1, 0.15) is 0 Å². The molecule has 1 rings (SSSR count). The van der Waals surface area contributed by atoms with Gasteiger partial charge in [0.25, 0.3) is 0 Å². The third kappa shape index (κ3) is 4.95. The second kappa shape index (κ2) is 9.82. The number of rotatable bonds is 9. The Labute approximate surface area is 139 Å². The zero-order valence-electron chi connectivity index (χ0n) is 14.6. The maximum atomic E-state index is 10.3. The molecule has 4 nitrogen and oxygen atoms in total. The number of unbranched alkanes of at least 4 members (excludes halogenated alkanes) is 4. The fourth-order valence-electron chi connectivity index (χ4n) is 2.41. The van der Waals surface area contributed by atoms with Gasteiger partial charge >= 0.3 is 0 Å². The molecule has 0 amide bonds. The third-order valence-electron chi connectivity index (χ3n) is 3.79. The summed E-state index contributed by atoms with van der Waals surface area (Å²) in [5, 5.41) is 20.5. The van der Waals surface area contributed by atoms with Gasteiger partial charge in [-0.15, -0.1) is 0 Å². The van der Waals surface area contributed by atoms with Gasteiger partial charge < -0.3 is 19.7 Å². The fourth-order valence-corrected chi connectivity index (χ4v) is 2.41. The van der Waals surface area contributed by atoms with Gasteiger partial charge in [0.2, 0.25) is 11.5 Å². The summed E-state index contributed by atoms with van der Waals surface area (Å²) in [4.78, 5) is 0. The first-order valence-electron chi connectivity index (χ1n) is 8.08. The van der Waals surface area contributed by atoms with E-state index >= 15 is 0 Å². The van der Waals surface area contributed by atoms with E-state index in [1.807, 2.05) is 12.2 Å². The predicted octanol–water partition coefficient (Wildman–Crippen LogP) is 4.96. The lowest BCUT2D eigenvalue weighted by Crippen LogP contribution is -1.95. The average molecular weight is 320 g/mol. The molecule has 0 saturated carbocycles. The molecule has 128 valence electrons. The summed E-state index contributed by atoms with van der Waals surface area (Å²) in [5.74, 6) is 0.225. The number of hydrogen-bond donors (Lipinski definition) is 2. The van der Waals surface area contributed by atoms with Crippen LogP contribution < -0.4 is 9.47 Å². The molecule has 0 unspecified atom stereocenters. The average Bonchev–Trinajstić information content (AvgIpc) is 2.55. The Balaban J connectivity index is 2.86. The van der Waals surface area contributed by atoms with E-state index in [4.69, 9.17) is 9.47 Å². The van der Waals surface area contributed by atoms with Crippen molar-refractivity contribution in [2.75, 3.05) is 14.2 Å². The lowest BCUT2D eigenvalue weighted by atomic mass is 10.0. The molecule has 4 heteroatoms. The van der Waals surface area contributed by atoms with Crippen molar-refractivity contribution >= 4 is 6.08 Å². The quantitative estimate of drug-likeness (QED) is 0.383. The molecule has 2 N–H and O–H groups in total. The SMILES string of the molecule is CCCCCCC=CC=Cc1c(C)c(O)c(OC)c(OC)c1O. The van der Waals surface area contributed by atoms with E-state index in [0.29, 0.717) is 11.1 Å². The number of allylic oxidation sites excluding steroid dienone is 3. The number of phenols is 2. The molecular formula is C19H28O4. The highest BCUT2D eigenvalue weighted by Crippen LogP contribution is 2.48. The van der Waals surface area contributed by atoms with Gasteiger partial charge in [-0.25, -0.2) is 0 Å². The van der Waals surface area contributed by atoms with Gasteiger partial charge in [0, 0.05) is 11.1 Å². The number of phenolic OH excluding ortho intramolecular Hbond substituents is 2. The topological polar surface area (TPSA) is 58.9 Å². The summed E-state index contributed by atoms with van der Waals surface area (Å²) in [6, 6.07) is 0. The minimum atomic E-state index is -0.0350. The summed E-state index contributed by atoms with van der Waals surface area (Å²) in [6.07, 6.45) is 13.7. The smallest absolute Gasteiger partial charge is 0.207 e. The van der Waals surface area contributed by atoms with Crippen LogP contribution in [0.2, 0.25) is 0 Å². The van der Waals surface area contributed by atoms with E-state index in [1.165, 1.54) is 39.9 Å². The number of benzene rings is 1. The Hall–Kier alpha value is -2.10. The number of aromatic hydroxyl groups is 2. The lowest BCUT2D eigenvalue weighted by molar-refractivity contribution is 0.315. The fraction of sp³-hybridized carbons (Fsp3) is 0.474. The summed E-state index contributed by atoms with van der Waals surface area (Å²) >= 11 is 0. The molecule has 0 atom stereocenters. The highest BCUT2D eigenvalue weighted by molar-refractivity contribution is 5.74. The molecule has 0 saturated heterocycles. The Morgan fingerprint density at radius 2 is 1.57 bits per heavy atom. The Kier molecular flexibility index (Phi) is 8.09. The molecule has 0 aliphatic carbocycles. The highest BCUT2D eigenvalue weighted by Gasteiger charge is 2.21. The van der Waals surface area contributed by atoms with E-state index in [-0.39, 0.29) is 23.0 Å². The van der Waals surface area contributed by atoms with Crippen LogP contribution in [0.1, 0.15) is 50.2 Å². The van der Waals surface area contributed by atoms with E-state index < -0.39 is 0 Å². The van der Waals surface area contributed by atoms with Crippen molar-refractivity contribution in [2.45, 2.75) is 46.0 Å². The molecule has 0 aliphatic heterocycles. The van der Waals surface area contributed by atoms with E-state index in [2.05, 4.69) is 13.0 Å². The zero-order valence-corrected chi connectivity index (χ0v) is 14.6. The van der Waals surface area contributed by atoms with E-state index in [0.717, 1.165) is 6.42 Å². The van der Waals surface area contributed by atoms with Crippen LogP contribution in [0.15, 0.2) is 18.2 Å². The van der Waals surface area contributed by atoms with Crippen molar-refractivity contribution in [3.8, 4) is 23.0 Å². The van der Waals surface area contributed by atoms with E-state index in [1.54, 1.807) is 13.0 Å². The van der Waals surface area contributed by atoms with E-state index in [9.17, 15) is 10.2 Å². The van der Waals surface area contributed by atoms with Crippen LogP contribution in [-0.4, -0.2) is 24.4 Å². The first kappa shape index (κ1) is 18.9. The molecule has 0 aromatic heterocycles. The van der Waals surface area contributed by atoms with Gasteiger partial charge in [-0.3, -0.25) is 0 Å². The van der Waals surface area contributed by atoms with Crippen LogP contribution in [0, 0.1) is 6.92 Å². The van der Waals surface area contributed by atoms with Crippen molar-refractivity contribution in [1.29, 1.82) is 0 Å². The molecule has 0 heterocycles. The van der Waals surface area contributed by atoms with Gasteiger partial charge in [-0.2, -0.15) is 0 Å². The second-order valence-electron chi connectivity index (χ2n) is 5.44. The normalized spacial score (nSPS) is 11.5. The van der Waals surface area contributed by atoms with Crippen LogP contribution >= 0.6 is 0 Å². The lowest BCUT2D eigenvalue weighted by Gasteiger charge is -2.15. The zero-order chi connectivity index (χ0) is 17.2. The minimum Gasteiger partial charge on any atom is -0.504 e. The minimum absolute atomic E-state index is 0.0228. The third-order valence-corrected chi connectivity index (χ3v) is 3.79. The van der Waals surface area contributed by atoms with Gasteiger partial charge in [-0.05, 0) is 19.8 Å². The summed E-state index contributed by atoms with van der Waals surface area (Å²) in [7, 11) is 2.85. The Morgan fingerprint density at radius 1 is 0.913 bits per heavy atom. The van der Waals surface area contributed by atoms with Gasteiger partial charge in [0.15, 0.2) is 11.5 Å². The molecule has 0 spiro atoms. The number of ether oxygens (including phenoxy) is 2. The van der Waals surface area contributed by atoms with Crippen LogP contribution in [0.5, 0.6) is 23.0 Å². The van der Waals surface area contributed by atoms with Crippen LogP contribution in [0.25, 0.3) is 6.08 Å². The highest BCUT2D eigenvalue weighted by atomic mass is 16.5. The molecular weight excluding hydrogens is 292 g/mol. The molecule has 1 aromatic carbocycles. The van der Waals surface area contributed by atoms with Crippen molar-refractivity contribution in [3.63, 3.8) is 0 Å². The molecule has 23 heavy (non-hydrogen) atoms. The summed E-state index contributed by atoms with van der Waals surface area (Å²) in [6.45, 7) is 3.93. The first-order chi connectivity index (χ1) is 11.1. The standard InChI is InChI=1S/C19H28O4/c1-5-6-7-8-9-10-11-12-13-15-14(2)16(20)18(22-3)19(23-4)17(15)21/h10-13,20-21H,5-9H2,1-4H3. The van der Waals surface area contributed by atoms with Crippen molar-refractivity contribution < 1.29 is 19.7 Å². The Morgan fingerprint density at radius 3 is 2.17 bits per heavy atom. The monoisotopic (exact) mass is 320 g/mol. The van der Waals surface area contributed by atoms with Crippen molar-refractivity contribution in [1.82, 2.24) is 0 Å². The Bertz CT molecular complexity index is 559. The van der Waals surface area contributed by atoms with Crippen LogP contribution in [0.4, 0.5) is 0 Å². The maximum absolute atomic E-state index is 10.3. The van der Waals surface area contributed by atoms with Crippen LogP contribution in [-0.2, 0) is 0 Å². The number of hydrogen-bond acceptors (Lipinski definition) is 4. The number of methoxy groups -OCH3 is 2. The molecule has 0 fully saturated rings. The van der Waals surface area contributed by atoms with Crippen LogP contribution in [0.3, 0.4) is 0 Å². The van der Waals surface area contributed by atoms with Crippen molar-refractivity contribution in [3.05, 3.63) is 29.4 Å². The van der Waals surface area contributed by atoms with Gasteiger partial charge in [0.05, 0.1) is 14.2 Å². The molecule has 0 bridgehead atoms. The largest absolute Gasteiger partial charge is 0.504 e. The summed E-state index contributed by atoms with van der Waals surface area (Å²) < 4.78 is 10.2. The molecule has 0 aliphatic rings. The molecule has 1 aromatic rings. The first-order valence-corrected chi connectivity index (χ1v) is 8.08. The predicted molar refractivity (Wildman–Crippen MR) is 94.5 cm³/mol. The molecule has 0 radical (unpaired) electrons. The van der Waals surface area contributed by atoms with Crippen molar-refractivity contribution in [2.24, 2.45) is 0 Å².